The maximum absolute atomic E-state index is 12.6. The molecule has 1 N–H and O–H groups in total. The zero-order chi connectivity index (χ0) is 13.2. The van der Waals surface area contributed by atoms with Gasteiger partial charge in [0.2, 0.25) is 0 Å². The smallest absolute Gasteiger partial charge is 0.374 e. The van der Waals surface area contributed by atoms with Gasteiger partial charge in [0.05, 0.1) is 5.56 Å². The van der Waals surface area contributed by atoms with Crippen LogP contribution in [0.25, 0.3) is 0 Å². The second-order valence-corrected chi connectivity index (χ2v) is 2.77. The number of halogens is 2. The molecule has 0 fully saturated rings. The summed E-state index contributed by atoms with van der Waals surface area (Å²) in [5.74, 6) is -3.11. The molecule has 0 aliphatic heterocycles. The Balaban J connectivity index is 3.69. The predicted molar refractivity (Wildman–Crippen MR) is 47.5 cm³/mol. The number of nitro groups is 1. The summed E-state index contributed by atoms with van der Waals surface area (Å²) in [5, 5.41) is 27.6. The van der Waals surface area contributed by atoms with Gasteiger partial charge < -0.3 is 15.2 Å². The number of nitrogens with zero attached hydrogens (tertiary/aromatic N) is 3. The van der Waals surface area contributed by atoms with E-state index in [-0.39, 0.29) is 0 Å². The number of alkyl halides is 2. The highest BCUT2D eigenvalue weighted by molar-refractivity contribution is 5.90. The molecule has 0 unspecified atom stereocenters. The van der Waals surface area contributed by atoms with Gasteiger partial charge in [-0.25, -0.2) is 13.6 Å². The molecule has 0 aliphatic rings. The third-order valence-electron chi connectivity index (χ3n) is 1.77. The summed E-state index contributed by atoms with van der Waals surface area (Å²) < 4.78 is 25.1. The summed E-state index contributed by atoms with van der Waals surface area (Å²) in [6, 6.07) is 1.93. The lowest BCUT2D eigenvalue weighted by Crippen LogP contribution is -2.09. The van der Waals surface area contributed by atoms with Crippen LogP contribution in [-0.2, 0) is 0 Å². The summed E-state index contributed by atoms with van der Waals surface area (Å²) in [6.07, 6.45) is -3.37. The summed E-state index contributed by atoms with van der Waals surface area (Å²) in [6.45, 7) is 0. The first-order valence-electron chi connectivity index (χ1n) is 3.99. The third kappa shape index (κ3) is 2.31. The van der Waals surface area contributed by atoms with E-state index in [0.717, 1.165) is 0 Å². The van der Waals surface area contributed by atoms with E-state index in [1.807, 2.05) is 0 Å². The molecule has 0 bridgehead atoms. The highest BCUT2D eigenvalue weighted by Crippen LogP contribution is 2.31. The molecule has 17 heavy (non-hydrogen) atoms. The maximum Gasteiger partial charge on any atom is 0.374 e. The number of nitriles is 1. The topological polar surface area (TPSA) is 117 Å². The minimum Gasteiger partial charge on any atom is -0.478 e. The van der Waals surface area contributed by atoms with Crippen LogP contribution in [0, 0.1) is 21.4 Å². The van der Waals surface area contributed by atoms with Crippen molar-refractivity contribution in [2.45, 2.75) is 6.43 Å². The highest BCUT2D eigenvalue weighted by atomic mass is 19.3. The largest absolute Gasteiger partial charge is 0.478 e. The number of hydrogen-bond acceptors (Lipinski definition) is 5. The van der Waals surface area contributed by atoms with Crippen LogP contribution >= 0.6 is 0 Å². The zero-order valence-corrected chi connectivity index (χ0v) is 7.92. The third-order valence-corrected chi connectivity index (χ3v) is 1.77. The number of aromatic carboxylic acids is 1. The van der Waals surface area contributed by atoms with Crippen LogP contribution in [0.3, 0.4) is 0 Å². The number of rotatable bonds is 3. The Bertz CT molecular complexity index is 503. The Morgan fingerprint density at radius 1 is 1.65 bits per heavy atom. The highest BCUT2D eigenvalue weighted by Gasteiger charge is 2.31. The monoisotopic (exact) mass is 243 g/mol. The molecule has 1 aromatic rings. The van der Waals surface area contributed by atoms with E-state index in [0.29, 0.717) is 6.07 Å². The average Bonchev–Trinajstić information content (AvgIpc) is 2.26. The first-order chi connectivity index (χ1) is 7.88. The fourth-order valence-electron chi connectivity index (χ4n) is 1.13. The Morgan fingerprint density at radius 3 is 2.59 bits per heavy atom. The van der Waals surface area contributed by atoms with E-state index >= 15 is 0 Å². The van der Waals surface area contributed by atoms with E-state index in [1.165, 1.54) is 6.07 Å². The maximum atomic E-state index is 12.6. The molecule has 0 aliphatic carbocycles. The fraction of sp³-hybridized carbons (Fsp3) is 0.125. The van der Waals surface area contributed by atoms with Crippen molar-refractivity contribution in [1.29, 1.82) is 5.26 Å². The molecule has 1 heterocycles. The zero-order valence-electron chi connectivity index (χ0n) is 7.92. The molecule has 0 saturated heterocycles. The predicted octanol–water partition coefficient (Wildman–Crippen LogP) is 1.50. The molecule has 0 atom stereocenters. The van der Waals surface area contributed by atoms with Gasteiger partial charge >= 0.3 is 11.8 Å². The molecule has 7 nitrogen and oxygen atoms in total. The minimum absolute atomic E-state index is 0.566. The summed E-state index contributed by atoms with van der Waals surface area (Å²) in [4.78, 5) is 22.9. The molecule has 9 heteroatoms. The molecular formula is C8H3F2N3O4. The normalized spacial score (nSPS) is 10.0. The van der Waals surface area contributed by atoms with Crippen molar-refractivity contribution < 1.29 is 23.6 Å². The second-order valence-electron chi connectivity index (χ2n) is 2.77. The van der Waals surface area contributed by atoms with Crippen LogP contribution in [0.2, 0.25) is 0 Å². The van der Waals surface area contributed by atoms with Crippen molar-refractivity contribution in [3.63, 3.8) is 0 Å². The molecule has 1 rings (SSSR count). The molecule has 0 saturated carbocycles. The van der Waals surface area contributed by atoms with E-state index in [9.17, 15) is 23.7 Å². The Hall–Kier alpha value is -2.63. The molecule has 0 amide bonds. The lowest BCUT2D eigenvalue weighted by molar-refractivity contribution is -0.391. The summed E-state index contributed by atoms with van der Waals surface area (Å²) in [7, 11) is 0. The van der Waals surface area contributed by atoms with Gasteiger partial charge in [-0.15, -0.1) is 0 Å². The standard InChI is InChI=1S/C8H3F2N3O4/c9-6(10)5-4(8(14)15)1-3(2-11)12-7(5)13(16)17/h1,6H,(H,14,15). The van der Waals surface area contributed by atoms with Gasteiger partial charge in [-0.1, -0.05) is 0 Å². The van der Waals surface area contributed by atoms with Crippen LogP contribution in [0.5, 0.6) is 0 Å². The first-order valence-corrected chi connectivity index (χ1v) is 3.99. The number of aromatic nitrogens is 1. The van der Waals surface area contributed by atoms with E-state index in [4.69, 9.17) is 10.4 Å². The SMILES string of the molecule is N#Cc1cc(C(=O)O)c(C(F)F)c([N+](=O)[O-])n1. The molecular weight excluding hydrogens is 240 g/mol. The van der Waals surface area contributed by atoms with Crippen molar-refractivity contribution in [1.82, 2.24) is 4.98 Å². The Morgan fingerprint density at radius 2 is 2.24 bits per heavy atom. The van der Waals surface area contributed by atoms with Gasteiger partial charge in [0.1, 0.15) is 11.6 Å². The first kappa shape index (κ1) is 12.4. The molecule has 0 radical (unpaired) electrons. The van der Waals surface area contributed by atoms with Crippen LogP contribution in [0.4, 0.5) is 14.6 Å². The quantitative estimate of drug-likeness (QED) is 0.634. The van der Waals surface area contributed by atoms with Crippen molar-refractivity contribution >= 4 is 11.8 Å². The van der Waals surface area contributed by atoms with Gasteiger partial charge in [0.25, 0.3) is 12.1 Å². The van der Waals surface area contributed by atoms with Gasteiger partial charge in [0, 0.05) is 6.07 Å². The lowest BCUT2D eigenvalue weighted by Gasteiger charge is -2.04. The van der Waals surface area contributed by atoms with Crippen LogP contribution in [0.15, 0.2) is 6.07 Å². The van der Waals surface area contributed by atoms with E-state index < -0.39 is 40.0 Å². The molecule has 0 spiro atoms. The van der Waals surface area contributed by atoms with Gasteiger partial charge in [-0.3, -0.25) is 0 Å². The average molecular weight is 243 g/mol. The number of carbonyl (C=O) groups is 1. The van der Waals surface area contributed by atoms with Gasteiger partial charge in [0.15, 0.2) is 0 Å². The Labute approximate surface area is 92.1 Å². The van der Waals surface area contributed by atoms with Crippen molar-refractivity contribution in [3.8, 4) is 6.07 Å². The number of hydrogen-bond donors (Lipinski definition) is 1. The lowest BCUT2D eigenvalue weighted by atomic mass is 10.1. The number of carboxylic acids is 1. The minimum atomic E-state index is -3.37. The van der Waals surface area contributed by atoms with Crippen molar-refractivity contribution in [3.05, 3.63) is 33.0 Å². The molecule has 88 valence electrons. The van der Waals surface area contributed by atoms with Crippen LogP contribution in [-0.4, -0.2) is 21.0 Å². The van der Waals surface area contributed by atoms with Crippen molar-refractivity contribution in [2.24, 2.45) is 0 Å². The van der Waals surface area contributed by atoms with E-state index in [1.54, 1.807) is 0 Å². The van der Waals surface area contributed by atoms with Crippen molar-refractivity contribution in [2.75, 3.05) is 0 Å². The number of carboxylic acid groups (broad SMARTS) is 1. The fourth-order valence-corrected chi connectivity index (χ4v) is 1.13. The molecule has 1 aromatic heterocycles. The molecule has 0 aromatic carbocycles. The summed E-state index contributed by atoms with van der Waals surface area (Å²) >= 11 is 0. The van der Waals surface area contributed by atoms with Gasteiger partial charge in [-0.05, 0) is 9.91 Å². The van der Waals surface area contributed by atoms with Gasteiger partial charge in [-0.2, -0.15) is 5.26 Å². The van der Waals surface area contributed by atoms with Crippen LogP contribution in [0.1, 0.15) is 28.0 Å². The Kier molecular flexibility index (Phi) is 3.28. The van der Waals surface area contributed by atoms with Crippen LogP contribution < -0.4 is 0 Å². The number of pyridine rings is 1. The second kappa shape index (κ2) is 4.48. The van der Waals surface area contributed by atoms with E-state index in [2.05, 4.69) is 4.98 Å². The summed E-state index contributed by atoms with van der Waals surface area (Å²) in [5.41, 5.74) is -2.92.